The van der Waals surface area contributed by atoms with Crippen LogP contribution in [0.5, 0.6) is 34.5 Å². The first kappa shape index (κ1) is 22.1. The first-order valence-corrected chi connectivity index (χ1v) is 10.8. The maximum atomic E-state index is 10.2. The zero-order valence-corrected chi connectivity index (χ0v) is 18.1. The van der Waals surface area contributed by atoms with Gasteiger partial charge in [-0.2, -0.15) is 0 Å². The number of hydrogen-bond acceptors (Lipinski definition) is 5. The first-order valence-electron chi connectivity index (χ1n) is 10.8. The van der Waals surface area contributed by atoms with Gasteiger partial charge >= 0.3 is 0 Å². The van der Waals surface area contributed by atoms with Gasteiger partial charge in [-0.25, -0.2) is 0 Å². The third-order valence-corrected chi connectivity index (χ3v) is 5.54. The summed E-state index contributed by atoms with van der Waals surface area (Å²) in [5, 5.41) is 39.5. The lowest BCUT2D eigenvalue weighted by Gasteiger charge is -2.12. The maximum absolute atomic E-state index is 10.2. The third kappa shape index (κ3) is 5.98. The Morgan fingerprint density at radius 2 is 1.15 bits per heavy atom. The second-order valence-corrected chi connectivity index (χ2v) is 8.03. The highest BCUT2D eigenvalue weighted by molar-refractivity contribution is 5.51. The second-order valence-electron chi connectivity index (χ2n) is 8.03. The van der Waals surface area contributed by atoms with Crippen LogP contribution >= 0.6 is 0 Å². The number of phenolic OH excluding ortho intramolecular Hbond substituents is 4. The predicted octanol–water partition coefficient (Wildman–Crippen LogP) is 5.87. The number of benzene rings is 4. The van der Waals surface area contributed by atoms with E-state index in [9.17, 15) is 20.4 Å². The van der Waals surface area contributed by atoms with Crippen LogP contribution in [0.1, 0.15) is 22.3 Å². The molecule has 4 aromatic rings. The number of phenols is 4. The molecule has 4 N–H and O–H groups in total. The molecule has 4 aromatic carbocycles. The van der Waals surface area contributed by atoms with Gasteiger partial charge in [0.1, 0.15) is 23.0 Å². The lowest BCUT2D eigenvalue weighted by molar-refractivity contribution is 0.401. The largest absolute Gasteiger partial charge is 0.508 e. The molecule has 0 radical (unpaired) electrons. The van der Waals surface area contributed by atoms with Gasteiger partial charge < -0.3 is 25.2 Å². The Hall–Kier alpha value is -4.12. The average Bonchev–Trinajstić information content (AvgIpc) is 2.81. The zero-order chi connectivity index (χ0) is 23.2. The Bertz CT molecular complexity index is 1210. The number of ether oxygens (including phenoxy) is 1. The summed E-state index contributed by atoms with van der Waals surface area (Å²) in [4.78, 5) is 0. The van der Waals surface area contributed by atoms with E-state index in [0.717, 1.165) is 29.5 Å². The molecule has 0 heterocycles. The monoisotopic (exact) mass is 442 g/mol. The highest BCUT2D eigenvalue weighted by Gasteiger charge is 2.11. The second kappa shape index (κ2) is 10.0. The topological polar surface area (TPSA) is 90.2 Å². The molecule has 0 amide bonds. The molecule has 4 rings (SSSR count). The van der Waals surface area contributed by atoms with E-state index in [2.05, 4.69) is 0 Å². The van der Waals surface area contributed by atoms with Crippen molar-refractivity contribution in [3.63, 3.8) is 0 Å². The Morgan fingerprint density at radius 3 is 1.82 bits per heavy atom. The van der Waals surface area contributed by atoms with Gasteiger partial charge in [0.05, 0.1) is 0 Å². The minimum atomic E-state index is -0.134. The predicted molar refractivity (Wildman–Crippen MR) is 127 cm³/mol. The quantitative estimate of drug-likeness (QED) is 0.274. The molecule has 0 atom stereocenters. The molecule has 0 saturated heterocycles. The van der Waals surface area contributed by atoms with E-state index < -0.39 is 0 Å². The molecule has 0 saturated carbocycles. The lowest BCUT2D eigenvalue weighted by Crippen LogP contribution is -1.94. The Balaban J connectivity index is 1.40. The summed E-state index contributed by atoms with van der Waals surface area (Å²) in [6.45, 7) is 0. The highest BCUT2D eigenvalue weighted by atomic mass is 16.5. The van der Waals surface area contributed by atoms with Crippen molar-refractivity contribution in [1.29, 1.82) is 0 Å². The Kier molecular flexibility index (Phi) is 6.69. The van der Waals surface area contributed by atoms with Gasteiger partial charge in [-0.3, -0.25) is 0 Å². The lowest BCUT2D eigenvalue weighted by atomic mass is 10.0. The molecule has 5 heteroatoms. The summed E-state index contributed by atoms with van der Waals surface area (Å²) in [6.07, 6.45) is 2.88. The zero-order valence-electron chi connectivity index (χ0n) is 18.1. The van der Waals surface area contributed by atoms with Crippen molar-refractivity contribution in [3.8, 4) is 34.5 Å². The van der Waals surface area contributed by atoms with Crippen molar-refractivity contribution >= 4 is 0 Å². The molecule has 33 heavy (non-hydrogen) atoms. The molecule has 168 valence electrons. The minimum absolute atomic E-state index is 0.00424. The fourth-order valence-corrected chi connectivity index (χ4v) is 3.67. The number of aromatic hydroxyl groups is 4. The van der Waals surface area contributed by atoms with Gasteiger partial charge in [-0.15, -0.1) is 0 Å². The van der Waals surface area contributed by atoms with Gasteiger partial charge in [0.15, 0.2) is 11.5 Å². The van der Waals surface area contributed by atoms with Crippen LogP contribution in [0.25, 0.3) is 0 Å². The molecule has 0 fully saturated rings. The smallest absolute Gasteiger partial charge is 0.169 e. The van der Waals surface area contributed by atoms with Gasteiger partial charge in [0.2, 0.25) is 0 Å². The van der Waals surface area contributed by atoms with E-state index in [1.165, 1.54) is 6.07 Å². The van der Waals surface area contributed by atoms with Crippen LogP contribution in [0.2, 0.25) is 0 Å². The molecule has 5 nitrogen and oxygen atoms in total. The molecule has 0 aliphatic carbocycles. The van der Waals surface area contributed by atoms with E-state index in [-0.39, 0.29) is 28.7 Å². The standard InChI is InChI=1S/C28H26O5/c29-23-12-7-19(8-13-23)4-5-20-9-14-25(15-10-20)33-28-17-22(26(31)18-27(28)32)11-6-21-2-1-3-24(30)16-21/h1-3,7-10,12-18,29-32H,4-6,11H2. The maximum Gasteiger partial charge on any atom is 0.169 e. The van der Waals surface area contributed by atoms with Crippen molar-refractivity contribution in [3.05, 3.63) is 107 Å². The van der Waals surface area contributed by atoms with E-state index >= 15 is 0 Å². The molecule has 0 unspecified atom stereocenters. The molecule has 0 bridgehead atoms. The fourth-order valence-electron chi connectivity index (χ4n) is 3.67. The van der Waals surface area contributed by atoms with E-state index in [1.807, 2.05) is 42.5 Å². The first-order chi connectivity index (χ1) is 16.0. The van der Waals surface area contributed by atoms with Crippen LogP contribution in [0.4, 0.5) is 0 Å². The van der Waals surface area contributed by atoms with Crippen LogP contribution in [0, 0.1) is 0 Å². The summed E-state index contributed by atoms with van der Waals surface area (Å²) >= 11 is 0. The molecule has 0 aromatic heterocycles. The third-order valence-electron chi connectivity index (χ3n) is 5.54. The van der Waals surface area contributed by atoms with Crippen LogP contribution in [-0.4, -0.2) is 20.4 Å². The van der Waals surface area contributed by atoms with Crippen LogP contribution < -0.4 is 4.74 Å². The number of rotatable bonds is 8. The number of aryl methyl sites for hydroxylation is 4. The Morgan fingerprint density at radius 1 is 0.515 bits per heavy atom. The molecule has 0 aliphatic heterocycles. The summed E-state index contributed by atoms with van der Waals surface area (Å²) < 4.78 is 5.88. The summed E-state index contributed by atoms with van der Waals surface area (Å²) in [5.74, 6) is 1.20. The Labute approximate surface area is 192 Å². The van der Waals surface area contributed by atoms with Crippen molar-refractivity contribution < 1.29 is 25.2 Å². The average molecular weight is 443 g/mol. The van der Waals surface area contributed by atoms with Gasteiger partial charge in [-0.05, 0) is 90.4 Å². The normalized spacial score (nSPS) is 10.8. The SMILES string of the molecule is Oc1ccc(CCc2ccc(Oc3cc(CCc4cccc(O)c4)c(O)cc3O)cc2)cc1. The van der Waals surface area contributed by atoms with Crippen LogP contribution in [-0.2, 0) is 25.7 Å². The van der Waals surface area contributed by atoms with Gasteiger partial charge in [-0.1, -0.05) is 36.4 Å². The van der Waals surface area contributed by atoms with Gasteiger partial charge in [0, 0.05) is 6.07 Å². The summed E-state index contributed by atoms with van der Waals surface area (Å²) in [7, 11) is 0. The van der Waals surface area contributed by atoms with Crippen LogP contribution in [0.3, 0.4) is 0 Å². The summed E-state index contributed by atoms with van der Waals surface area (Å²) in [5.41, 5.74) is 3.90. The van der Waals surface area contributed by atoms with Crippen molar-refractivity contribution in [2.45, 2.75) is 25.7 Å². The number of hydrogen-bond donors (Lipinski definition) is 4. The van der Waals surface area contributed by atoms with Crippen molar-refractivity contribution in [2.75, 3.05) is 0 Å². The van der Waals surface area contributed by atoms with Crippen LogP contribution in [0.15, 0.2) is 84.9 Å². The minimum Gasteiger partial charge on any atom is -0.508 e. The molecular weight excluding hydrogens is 416 g/mol. The highest BCUT2D eigenvalue weighted by Crippen LogP contribution is 2.37. The fraction of sp³-hybridized carbons (Fsp3) is 0.143. The van der Waals surface area contributed by atoms with E-state index in [0.29, 0.717) is 24.2 Å². The van der Waals surface area contributed by atoms with Gasteiger partial charge in [0.25, 0.3) is 0 Å². The molecular formula is C28H26O5. The molecule has 0 aliphatic rings. The van der Waals surface area contributed by atoms with E-state index in [4.69, 9.17) is 4.74 Å². The van der Waals surface area contributed by atoms with Crippen molar-refractivity contribution in [1.82, 2.24) is 0 Å². The van der Waals surface area contributed by atoms with E-state index in [1.54, 1.807) is 36.4 Å². The molecule has 0 spiro atoms. The summed E-state index contributed by atoms with van der Waals surface area (Å²) in [6, 6.07) is 24.8. The van der Waals surface area contributed by atoms with Crippen molar-refractivity contribution in [2.24, 2.45) is 0 Å².